The van der Waals surface area contributed by atoms with Gasteiger partial charge in [-0.3, -0.25) is 0 Å². The Morgan fingerprint density at radius 2 is 1.84 bits per heavy atom. The van der Waals surface area contributed by atoms with E-state index >= 15 is 0 Å². The quantitative estimate of drug-likeness (QED) is 0.679. The van der Waals surface area contributed by atoms with E-state index in [0.29, 0.717) is 10.9 Å². The molecular formula is C18H17ClN2O3S. The van der Waals surface area contributed by atoms with Crippen molar-refractivity contribution in [3.8, 4) is 11.4 Å². The lowest BCUT2D eigenvalue weighted by Crippen LogP contribution is -2.00. The standard InChI is InChI=1S/C18H17ClN2O3S/c1-13-17(18(19)21(20-13)14-7-4-3-5-8-14)12-24-15-9-6-10-16(11-15)25(2,22)23/h3-11H,12H2,1-2H3. The van der Waals surface area contributed by atoms with Crippen molar-refractivity contribution in [1.29, 1.82) is 0 Å². The molecule has 5 nitrogen and oxygen atoms in total. The average molecular weight is 377 g/mol. The summed E-state index contributed by atoms with van der Waals surface area (Å²) in [4.78, 5) is 0.216. The minimum absolute atomic E-state index is 0.199. The van der Waals surface area contributed by atoms with Crippen molar-refractivity contribution >= 4 is 21.4 Å². The van der Waals surface area contributed by atoms with Crippen LogP contribution in [0.4, 0.5) is 0 Å². The first kappa shape index (κ1) is 17.5. The summed E-state index contributed by atoms with van der Waals surface area (Å²) < 4.78 is 30.7. The van der Waals surface area contributed by atoms with Crippen LogP contribution in [0.2, 0.25) is 5.15 Å². The van der Waals surface area contributed by atoms with Crippen LogP contribution in [0.1, 0.15) is 11.3 Å². The van der Waals surface area contributed by atoms with Crippen molar-refractivity contribution < 1.29 is 13.2 Å². The highest BCUT2D eigenvalue weighted by molar-refractivity contribution is 7.90. The van der Waals surface area contributed by atoms with Crippen LogP contribution in [-0.4, -0.2) is 24.5 Å². The number of para-hydroxylation sites is 1. The van der Waals surface area contributed by atoms with Crippen LogP contribution < -0.4 is 4.74 Å². The van der Waals surface area contributed by atoms with Crippen molar-refractivity contribution in [2.75, 3.05) is 6.26 Å². The van der Waals surface area contributed by atoms with Crippen LogP contribution in [0.15, 0.2) is 59.5 Å². The van der Waals surface area contributed by atoms with Crippen LogP contribution in [0.25, 0.3) is 5.69 Å². The number of halogens is 1. The van der Waals surface area contributed by atoms with Gasteiger partial charge < -0.3 is 4.74 Å². The van der Waals surface area contributed by atoms with Gasteiger partial charge in [-0.15, -0.1) is 0 Å². The van der Waals surface area contributed by atoms with Gasteiger partial charge in [-0.1, -0.05) is 35.9 Å². The molecule has 0 spiro atoms. The smallest absolute Gasteiger partial charge is 0.175 e. The molecule has 2 aromatic carbocycles. The molecular weight excluding hydrogens is 360 g/mol. The van der Waals surface area contributed by atoms with Gasteiger partial charge in [0.25, 0.3) is 0 Å². The molecule has 0 aliphatic carbocycles. The molecule has 0 atom stereocenters. The maximum absolute atomic E-state index is 11.6. The fourth-order valence-corrected chi connectivity index (χ4v) is 3.37. The third-order valence-electron chi connectivity index (χ3n) is 3.74. The number of nitrogens with zero attached hydrogens (tertiary/aromatic N) is 2. The fourth-order valence-electron chi connectivity index (χ4n) is 2.39. The van der Waals surface area contributed by atoms with E-state index in [0.717, 1.165) is 23.2 Å². The van der Waals surface area contributed by atoms with Crippen molar-refractivity contribution in [2.45, 2.75) is 18.4 Å². The van der Waals surface area contributed by atoms with E-state index in [4.69, 9.17) is 16.3 Å². The first-order chi connectivity index (χ1) is 11.9. The molecule has 0 saturated carbocycles. The second-order valence-electron chi connectivity index (χ2n) is 5.64. The molecule has 0 fully saturated rings. The maximum atomic E-state index is 11.6. The van der Waals surface area contributed by atoms with Crippen molar-refractivity contribution in [2.24, 2.45) is 0 Å². The summed E-state index contributed by atoms with van der Waals surface area (Å²) in [5, 5.41) is 4.93. The molecule has 0 bridgehead atoms. The zero-order chi connectivity index (χ0) is 18.0. The van der Waals surface area contributed by atoms with Crippen molar-refractivity contribution in [3.05, 3.63) is 71.0 Å². The lowest BCUT2D eigenvalue weighted by molar-refractivity contribution is 0.304. The Bertz CT molecular complexity index is 998. The number of rotatable bonds is 5. The van der Waals surface area contributed by atoms with E-state index in [2.05, 4.69) is 5.10 Å². The van der Waals surface area contributed by atoms with Crippen molar-refractivity contribution in [1.82, 2.24) is 9.78 Å². The Morgan fingerprint density at radius 1 is 1.12 bits per heavy atom. The lowest BCUT2D eigenvalue weighted by atomic mass is 10.3. The highest BCUT2D eigenvalue weighted by Gasteiger charge is 2.15. The van der Waals surface area contributed by atoms with E-state index in [9.17, 15) is 8.42 Å². The van der Waals surface area contributed by atoms with Gasteiger partial charge in [0.05, 0.1) is 16.3 Å². The molecule has 7 heteroatoms. The summed E-state index contributed by atoms with van der Waals surface area (Å²) in [6.45, 7) is 2.06. The number of hydrogen-bond acceptors (Lipinski definition) is 4. The van der Waals surface area contributed by atoms with Gasteiger partial charge in [-0.2, -0.15) is 5.10 Å². The molecule has 130 valence electrons. The minimum Gasteiger partial charge on any atom is -0.489 e. The molecule has 0 N–H and O–H groups in total. The van der Waals surface area contributed by atoms with Crippen LogP contribution >= 0.6 is 11.6 Å². The monoisotopic (exact) mass is 376 g/mol. The second kappa shape index (κ2) is 6.90. The summed E-state index contributed by atoms with van der Waals surface area (Å²) >= 11 is 6.46. The highest BCUT2D eigenvalue weighted by Crippen LogP contribution is 2.25. The lowest BCUT2D eigenvalue weighted by Gasteiger charge is -2.08. The van der Waals surface area contributed by atoms with Gasteiger partial charge in [0.15, 0.2) is 9.84 Å². The Kier molecular flexibility index (Phi) is 4.83. The SMILES string of the molecule is Cc1nn(-c2ccccc2)c(Cl)c1COc1cccc(S(C)(=O)=O)c1. The fraction of sp³-hybridized carbons (Fsp3) is 0.167. The summed E-state index contributed by atoms with van der Waals surface area (Å²) in [7, 11) is -3.28. The Hall–Kier alpha value is -2.31. The number of hydrogen-bond donors (Lipinski definition) is 0. The van der Waals surface area contributed by atoms with E-state index < -0.39 is 9.84 Å². The zero-order valence-corrected chi connectivity index (χ0v) is 15.4. The summed E-state index contributed by atoms with van der Waals surface area (Å²) in [5.41, 5.74) is 2.38. The van der Waals surface area contributed by atoms with Crippen LogP contribution in [0.3, 0.4) is 0 Å². The highest BCUT2D eigenvalue weighted by atomic mass is 35.5. The number of aryl methyl sites for hydroxylation is 1. The normalized spacial score (nSPS) is 11.5. The molecule has 1 heterocycles. The van der Waals surface area contributed by atoms with Gasteiger partial charge in [0.2, 0.25) is 0 Å². The van der Waals surface area contributed by atoms with Gasteiger partial charge in [0.1, 0.15) is 17.5 Å². The van der Waals surface area contributed by atoms with E-state index in [-0.39, 0.29) is 11.5 Å². The molecule has 0 radical (unpaired) electrons. The third-order valence-corrected chi connectivity index (χ3v) is 5.24. The molecule has 0 aliphatic heterocycles. The number of aromatic nitrogens is 2. The molecule has 0 saturated heterocycles. The minimum atomic E-state index is -3.28. The molecule has 0 amide bonds. The van der Waals surface area contributed by atoms with Gasteiger partial charge >= 0.3 is 0 Å². The Morgan fingerprint density at radius 3 is 2.52 bits per heavy atom. The first-order valence-electron chi connectivity index (χ1n) is 7.58. The Balaban J connectivity index is 1.84. The second-order valence-corrected chi connectivity index (χ2v) is 8.01. The van der Waals surface area contributed by atoms with Crippen LogP contribution in [0, 0.1) is 6.92 Å². The Labute approximate surface area is 151 Å². The molecule has 0 aliphatic rings. The van der Waals surface area contributed by atoms with E-state index in [1.54, 1.807) is 16.8 Å². The predicted octanol–water partition coefficient (Wildman–Crippen LogP) is 3.82. The average Bonchev–Trinajstić information content (AvgIpc) is 2.88. The first-order valence-corrected chi connectivity index (χ1v) is 9.85. The number of benzene rings is 2. The summed E-state index contributed by atoms with van der Waals surface area (Å²) in [6.07, 6.45) is 1.16. The topological polar surface area (TPSA) is 61.2 Å². The van der Waals surface area contributed by atoms with Crippen LogP contribution in [0.5, 0.6) is 5.75 Å². The predicted molar refractivity (Wildman–Crippen MR) is 97.2 cm³/mol. The molecule has 25 heavy (non-hydrogen) atoms. The van der Waals surface area contributed by atoms with E-state index in [1.165, 1.54) is 12.1 Å². The van der Waals surface area contributed by atoms with Crippen molar-refractivity contribution in [3.63, 3.8) is 0 Å². The molecule has 0 unspecified atom stereocenters. The molecule has 3 aromatic rings. The number of sulfone groups is 1. The number of ether oxygens (including phenoxy) is 1. The zero-order valence-electron chi connectivity index (χ0n) is 13.8. The summed E-state index contributed by atoms with van der Waals surface area (Å²) in [6, 6.07) is 16.0. The van der Waals surface area contributed by atoms with Gasteiger partial charge in [-0.25, -0.2) is 13.1 Å². The third kappa shape index (κ3) is 3.86. The summed E-state index contributed by atoms with van der Waals surface area (Å²) in [5.74, 6) is 0.464. The molecule has 3 rings (SSSR count). The maximum Gasteiger partial charge on any atom is 0.175 e. The largest absolute Gasteiger partial charge is 0.489 e. The van der Waals surface area contributed by atoms with Crippen LogP contribution in [-0.2, 0) is 16.4 Å². The van der Waals surface area contributed by atoms with Gasteiger partial charge in [-0.05, 0) is 37.3 Å². The van der Waals surface area contributed by atoms with Gasteiger partial charge in [0, 0.05) is 11.8 Å². The van der Waals surface area contributed by atoms with E-state index in [1.807, 2.05) is 37.3 Å². The molecule has 1 aromatic heterocycles.